The number of hydrogen-bond donors (Lipinski definition) is 2. The van der Waals surface area contributed by atoms with E-state index in [4.69, 9.17) is 9.97 Å². The fourth-order valence-corrected chi connectivity index (χ4v) is 5.53. The van der Waals surface area contributed by atoms with Gasteiger partial charge in [0.25, 0.3) is 0 Å². The van der Waals surface area contributed by atoms with Crippen molar-refractivity contribution in [2.45, 2.75) is 9.79 Å². The molecule has 6 heteroatoms. The fraction of sp³-hybridized carbons (Fsp3) is 0. The lowest BCUT2D eigenvalue weighted by molar-refractivity contribution is 1.22. The summed E-state index contributed by atoms with van der Waals surface area (Å²) in [6.45, 7) is 0. The largest absolute Gasteiger partial charge is 0.349 e. The van der Waals surface area contributed by atoms with Gasteiger partial charge >= 0.3 is 0 Å². The maximum absolute atomic E-state index is 4.84. The molecule has 0 atom stereocenters. The van der Waals surface area contributed by atoms with Crippen LogP contribution in [0.3, 0.4) is 0 Å². The third-order valence-corrected chi connectivity index (χ3v) is 7.12. The van der Waals surface area contributed by atoms with Crippen molar-refractivity contribution >= 4 is 47.1 Å². The molecule has 6 rings (SSSR count). The molecular formula is C26H18N4S2. The highest BCUT2D eigenvalue weighted by molar-refractivity contribution is 8.04. The van der Waals surface area contributed by atoms with Crippen molar-refractivity contribution in [1.82, 2.24) is 9.97 Å². The molecule has 2 aliphatic heterocycles. The first-order valence-electron chi connectivity index (χ1n) is 10.3. The van der Waals surface area contributed by atoms with E-state index in [0.29, 0.717) is 0 Å². The van der Waals surface area contributed by atoms with Gasteiger partial charge in [0, 0.05) is 9.79 Å². The highest BCUT2D eigenvalue weighted by Crippen LogP contribution is 2.42. The summed E-state index contributed by atoms with van der Waals surface area (Å²) in [7, 11) is 0. The van der Waals surface area contributed by atoms with Crippen LogP contribution in [0.25, 0.3) is 23.5 Å². The van der Waals surface area contributed by atoms with E-state index in [1.165, 1.54) is 9.79 Å². The van der Waals surface area contributed by atoms with Gasteiger partial charge < -0.3 is 10.6 Å². The molecule has 4 aromatic rings. The number of nitrogens with one attached hydrogen (secondary N) is 2. The van der Waals surface area contributed by atoms with Crippen molar-refractivity contribution in [3.63, 3.8) is 0 Å². The Morgan fingerprint density at radius 2 is 1.00 bits per heavy atom. The maximum Gasteiger partial charge on any atom is 0.0893 e. The number of para-hydroxylation sites is 2. The Kier molecular flexibility index (Phi) is 4.94. The first kappa shape index (κ1) is 19.2. The summed E-state index contributed by atoms with van der Waals surface area (Å²) in [5, 5.41) is 9.05. The molecule has 4 heterocycles. The molecule has 0 fully saturated rings. The predicted molar refractivity (Wildman–Crippen MR) is 135 cm³/mol. The standard InChI is InChI=1S/C26H18N4S2/c1-3-13-23-21(9-1)29-25(31-23)15-17-7-5-11-19(27-17)20-12-6-8-18(28-20)16-26-30-22-10-2-4-14-24(22)32-26/h1-16,29-30H/b25-15+,26-16+. The third kappa shape index (κ3) is 3.90. The molecule has 0 saturated carbocycles. The van der Waals surface area contributed by atoms with Gasteiger partial charge in [0.15, 0.2) is 0 Å². The van der Waals surface area contributed by atoms with Gasteiger partial charge in [0.05, 0.1) is 44.2 Å². The van der Waals surface area contributed by atoms with Crippen LogP contribution >= 0.6 is 23.5 Å². The normalized spacial score (nSPS) is 16.5. The molecule has 0 saturated heterocycles. The second kappa shape index (κ2) is 8.22. The van der Waals surface area contributed by atoms with E-state index in [2.05, 4.69) is 59.2 Å². The Hall–Kier alpha value is -3.48. The lowest BCUT2D eigenvalue weighted by Crippen LogP contribution is -1.94. The van der Waals surface area contributed by atoms with Crippen LogP contribution in [-0.2, 0) is 0 Å². The Morgan fingerprint density at radius 1 is 0.531 bits per heavy atom. The molecule has 0 aliphatic carbocycles. The average molecular weight is 451 g/mol. The molecule has 32 heavy (non-hydrogen) atoms. The van der Waals surface area contributed by atoms with Gasteiger partial charge in [-0.3, -0.25) is 0 Å². The molecule has 4 nitrogen and oxygen atoms in total. The quantitative estimate of drug-likeness (QED) is 0.345. The minimum atomic E-state index is 0.857. The maximum atomic E-state index is 4.84. The molecule has 2 aromatic heterocycles. The number of nitrogens with zero attached hydrogens (tertiary/aromatic N) is 2. The summed E-state index contributed by atoms with van der Waals surface area (Å²) >= 11 is 3.45. The van der Waals surface area contributed by atoms with E-state index < -0.39 is 0 Å². The van der Waals surface area contributed by atoms with Crippen molar-refractivity contribution in [3.8, 4) is 11.4 Å². The van der Waals surface area contributed by atoms with Gasteiger partial charge in [-0.2, -0.15) is 0 Å². The van der Waals surface area contributed by atoms with Crippen molar-refractivity contribution in [1.29, 1.82) is 0 Å². The number of aromatic nitrogens is 2. The molecule has 0 radical (unpaired) electrons. The molecule has 0 amide bonds. The van der Waals surface area contributed by atoms with Crippen LogP contribution in [0, 0.1) is 0 Å². The minimum absolute atomic E-state index is 0.857. The van der Waals surface area contributed by atoms with Crippen LogP contribution in [-0.4, -0.2) is 9.97 Å². The van der Waals surface area contributed by atoms with E-state index in [1.807, 2.05) is 48.5 Å². The van der Waals surface area contributed by atoms with E-state index in [1.54, 1.807) is 23.5 Å². The number of fused-ring (bicyclic) bond motifs is 2. The van der Waals surface area contributed by atoms with Gasteiger partial charge in [-0.15, -0.1) is 0 Å². The van der Waals surface area contributed by atoms with E-state index in [-0.39, 0.29) is 0 Å². The first-order valence-corrected chi connectivity index (χ1v) is 11.9. The van der Waals surface area contributed by atoms with Gasteiger partial charge in [0.1, 0.15) is 0 Å². The predicted octanol–water partition coefficient (Wildman–Crippen LogP) is 7.18. The molecule has 2 aliphatic rings. The Morgan fingerprint density at radius 3 is 1.47 bits per heavy atom. The number of thioether (sulfide) groups is 2. The molecule has 154 valence electrons. The fourth-order valence-electron chi connectivity index (χ4n) is 3.62. The van der Waals surface area contributed by atoms with E-state index >= 15 is 0 Å². The summed E-state index contributed by atoms with van der Waals surface area (Å²) in [5.41, 5.74) is 5.80. The van der Waals surface area contributed by atoms with Crippen LogP contribution in [0.1, 0.15) is 11.4 Å². The van der Waals surface area contributed by atoms with Gasteiger partial charge in [0.2, 0.25) is 0 Å². The van der Waals surface area contributed by atoms with E-state index in [0.717, 1.165) is 44.2 Å². The number of benzene rings is 2. The van der Waals surface area contributed by atoms with E-state index in [9.17, 15) is 0 Å². The zero-order chi connectivity index (χ0) is 21.3. The molecule has 2 N–H and O–H groups in total. The minimum Gasteiger partial charge on any atom is -0.349 e. The molecule has 2 aromatic carbocycles. The van der Waals surface area contributed by atoms with Gasteiger partial charge in [-0.1, -0.05) is 59.9 Å². The summed E-state index contributed by atoms with van der Waals surface area (Å²) in [5.74, 6) is 0. The first-order chi connectivity index (χ1) is 15.8. The molecule has 0 unspecified atom stereocenters. The topological polar surface area (TPSA) is 49.8 Å². The van der Waals surface area contributed by atoms with Crippen LogP contribution < -0.4 is 10.6 Å². The number of hydrogen-bond acceptors (Lipinski definition) is 6. The lowest BCUT2D eigenvalue weighted by Gasteiger charge is -2.05. The smallest absolute Gasteiger partial charge is 0.0893 e. The Balaban J connectivity index is 1.25. The van der Waals surface area contributed by atoms with Crippen molar-refractivity contribution in [2.24, 2.45) is 0 Å². The second-order valence-electron chi connectivity index (χ2n) is 7.36. The third-order valence-electron chi connectivity index (χ3n) is 5.09. The Labute approximate surface area is 194 Å². The number of pyridine rings is 2. The number of rotatable bonds is 3. The molecular weight excluding hydrogens is 432 g/mol. The summed E-state index contributed by atoms with van der Waals surface area (Å²) < 4.78 is 0. The molecule has 0 bridgehead atoms. The van der Waals surface area contributed by atoms with Crippen LogP contribution in [0.15, 0.2) is 105 Å². The van der Waals surface area contributed by atoms with Crippen LogP contribution in [0.2, 0.25) is 0 Å². The van der Waals surface area contributed by atoms with Gasteiger partial charge in [-0.05, 0) is 60.7 Å². The van der Waals surface area contributed by atoms with Crippen LogP contribution in [0.4, 0.5) is 11.4 Å². The lowest BCUT2D eigenvalue weighted by atomic mass is 10.2. The Bertz CT molecular complexity index is 1230. The monoisotopic (exact) mass is 450 g/mol. The SMILES string of the molecule is C(=C1/Nc2ccccc2S1)/c1cccc(-c2cccc(/C=C3\Nc4ccccc4S3)n2)n1. The van der Waals surface area contributed by atoms with Crippen molar-refractivity contribution < 1.29 is 0 Å². The summed E-state index contributed by atoms with van der Waals surface area (Å²) in [6.07, 6.45) is 4.16. The van der Waals surface area contributed by atoms with Crippen molar-refractivity contribution in [3.05, 3.63) is 106 Å². The molecule has 0 spiro atoms. The number of anilines is 2. The van der Waals surface area contributed by atoms with Gasteiger partial charge in [-0.25, -0.2) is 9.97 Å². The zero-order valence-electron chi connectivity index (χ0n) is 16.9. The highest BCUT2D eigenvalue weighted by Gasteiger charge is 2.16. The van der Waals surface area contributed by atoms with Crippen LogP contribution in [0.5, 0.6) is 0 Å². The average Bonchev–Trinajstić information content (AvgIpc) is 3.42. The van der Waals surface area contributed by atoms with Crippen molar-refractivity contribution in [2.75, 3.05) is 10.6 Å². The summed E-state index contributed by atoms with van der Waals surface area (Å²) in [6, 6.07) is 28.7. The highest BCUT2D eigenvalue weighted by atomic mass is 32.2. The second-order valence-corrected chi connectivity index (χ2v) is 9.53. The summed E-state index contributed by atoms with van der Waals surface area (Å²) in [4.78, 5) is 12.2. The zero-order valence-corrected chi connectivity index (χ0v) is 18.6.